The largest absolute Gasteiger partial charge is 0.467 e. The zero-order valence-corrected chi connectivity index (χ0v) is 19.0. The molecule has 0 spiro atoms. The van der Waals surface area contributed by atoms with Crippen LogP contribution in [0, 0.1) is 10.1 Å². The molecule has 0 N–H and O–H groups in total. The average molecular weight is 501 g/mol. The molecule has 0 aliphatic carbocycles. The van der Waals surface area contributed by atoms with Crippen molar-refractivity contribution in [2.24, 2.45) is 10.2 Å². The van der Waals surface area contributed by atoms with E-state index >= 15 is 0 Å². The third kappa shape index (κ3) is 5.33. The SMILES string of the molecule is O=C1/C(=C/c2cccc([N+](=O)[O-])c2)S/C(=N\N=C\c2cccc(Cl)c2Cl)N1Cc1ccco1. The van der Waals surface area contributed by atoms with Gasteiger partial charge in [-0.3, -0.25) is 19.8 Å². The first-order valence-electron chi connectivity index (χ1n) is 9.45. The van der Waals surface area contributed by atoms with Crippen LogP contribution < -0.4 is 0 Å². The van der Waals surface area contributed by atoms with Gasteiger partial charge in [-0.25, -0.2) is 0 Å². The van der Waals surface area contributed by atoms with Crippen LogP contribution >= 0.6 is 35.0 Å². The summed E-state index contributed by atoms with van der Waals surface area (Å²) in [4.78, 5) is 25.4. The molecule has 0 saturated carbocycles. The maximum Gasteiger partial charge on any atom is 0.270 e. The number of thioether (sulfide) groups is 1. The van der Waals surface area contributed by atoms with E-state index in [2.05, 4.69) is 10.2 Å². The fourth-order valence-corrected chi connectivity index (χ4v) is 4.21. The molecule has 0 unspecified atom stereocenters. The molecule has 33 heavy (non-hydrogen) atoms. The third-order valence-electron chi connectivity index (χ3n) is 4.48. The highest BCUT2D eigenvalue weighted by atomic mass is 35.5. The number of hydrogen-bond donors (Lipinski definition) is 0. The van der Waals surface area contributed by atoms with Crippen LogP contribution in [0.5, 0.6) is 0 Å². The van der Waals surface area contributed by atoms with Crippen LogP contribution in [0.1, 0.15) is 16.9 Å². The molecule has 1 aliphatic heterocycles. The van der Waals surface area contributed by atoms with Gasteiger partial charge in [0.25, 0.3) is 11.6 Å². The zero-order valence-electron chi connectivity index (χ0n) is 16.7. The normalized spacial score (nSPS) is 16.4. The molecule has 1 aromatic heterocycles. The van der Waals surface area contributed by atoms with Crippen molar-refractivity contribution >= 4 is 64.0 Å². The Labute approximate surface area is 202 Å². The summed E-state index contributed by atoms with van der Waals surface area (Å²) in [5.41, 5.74) is 1.03. The Bertz CT molecular complexity index is 1310. The van der Waals surface area contributed by atoms with Crippen molar-refractivity contribution in [3.05, 3.63) is 103 Å². The van der Waals surface area contributed by atoms with Crippen molar-refractivity contribution in [3.63, 3.8) is 0 Å². The van der Waals surface area contributed by atoms with Crippen LogP contribution in [0.25, 0.3) is 6.08 Å². The monoisotopic (exact) mass is 500 g/mol. The molecule has 1 amide bonds. The predicted molar refractivity (Wildman–Crippen MR) is 129 cm³/mol. The summed E-state index contributed by atoms with van der Waals surface area (Å²) in [5.74, 6) is 0.243. The second kappa shape index (κ2) is 10.0. The number of carbonyl (C=O) groups is 1. The Balaban J connectivity index is 1.65. The molecule has 0 bridgehead atoms. The lowest BCUT2D eigenvalue weighted by Gasteiger charge is -2.12. The van der Waals surface area contributed by atoms with Crippen LogP contribution in [-0.2, 0) is 11.3 Å². The first-order chi connectivity index (χ1) is 15.9. The molecule has 2 heterocycles. The summed E-state index contributed by atoms with van der Waals surface area (Å²) in [6.07, 6.45) is 4.54. The smallest absolute Gasteiger partial charge is 0.270 e. The summed E-state index contributed by atoms with van der Waals surface area (Å²) in [6.45, 7) is 0.150. The molecule has 4 rings (SSSR count). The molecular formula is C22H14Cl2N4O4S. The minimum Gasteiger partial charge on any atom is -0.467 e. The van der Waals surface area contributed by atoms with Crippen molar-refractivity contribution in [1.29, 1.82) is 0 Å². The number of rotatable bonds is 6. The third-order valence-corrected chi connectivity index (χ3v) is 6.31. The van der Waals surface area contributed by atoms with Gasteiger partial charge in [-0.05, 0) is 41.6 Å². The van der Waals surface area contributed by atoms with Crippen LogP contribution in [0.15, 0.2) is 80.4 Å². The number of nitro benzene ring substituents is 1. The Morgan fingerprint density at radius 2 is 1.97 bits per heavy atom. The van der Waals surface area contributed by atoms with Crippen molar-refractivity contribution in [2.45, 2.75) is 6.54 Å². The molecule has 166 valence electrons. The number of halogens is 2. The standard InChI is InChI=1S/C22H14Cl2N4O4S/c23-18-8-2-5-15(20(18)24)12-25-26-22-27(13-17-7-3-9-32-17)21(29)19(33-22)11-14-4-1-6-16(10-14)28(30)31/h1-12H,13H2/b19-11-,25-12+,26-22-. The Kier molecular flexibility index (Phi) is 6.93. The molecule has 1 aliphatic rings. The predicted octanol–water partition coefficient (Wildman–Crippen LogP) is 6.00. The molecule has 0 radical (unpaired) electrons. The minimum atomic E-state index is -0.489. The summed E-state index contributed by atoms with van der Waals surface area (Å²) >= 11 is 13.3. The van der Waals surface area contributed by atoms with Crippen molar-refractivity contribution in [2.75, 3.05) is 0 Å². The van der Waals surface area contributed by atoms with E-state index in [4.69, 9.17) is 27.6 Å². The van der Waals surface area contributed by atoms with Crippen LogP contribution in [0.2, 0.25) is 10.0 Å². The molecular weight excluding hydrogens is 487 g/mol. The van der Waals surface area contributed by atoms with E-state index in [9.17, 15) is 14.9 Å². The van der Waals surface area contributed by atoms with E-state index in [0.717, 1.165) is 11.8 Å². The van der Waals surface area contributed by atoms with E-state index in [1.165, 1.54) is 29.5 Å². The number of amidine groups is 1. The topological polar surface area (TPSA) is 101 Å². The lowest BCUT2D eigenvalue weighted by Crippen LogP contribution is -2.28. The molecule has 0 atom stereocenters. The fourth-order valence-electron chi connectivity index (χ4n) is 2.92. The number of nitrogens with zero attached hydrogens (tertiary/aromatic N) is 4. The second-order valence-corrected chi connectivity index (χ2v) is 8.50. The summed E-state index contributed by atoms with van der Waals surface area (Å²) in [6, 6.07) is 14.6. The maximum atomic E-state index is 13.1. The molecule has 1 fully saturated rings. The minimum absolute atomic E-state index is 0.0656. The van der Waals surface area contributed by atoms with Gasteiger partial charge in [-0.15, -0.1) is 5.10 Å². The Morgan fingerprint density at radius 1 is 1.15 bits per heavy atom. The van der Waals surface area contributed by atoms with E-state index in [1.807, 2.05) is 0 Å². The number of non-ortho nitro benzene ring substituents is 1. The van der Waals surface area contributed by atoms with Crippen LogP contribution in [-0.4, -0.2) is 27.1 Å². The molecule has 3 aromatic rings. The highest BCUT2D eigenvalue weighted by molar-refractivity contribution is 8.18. The van der Waals surface area contributed by atoms with Gasteiger partial charge < -0.3 is 4.42 Å². The van der Waals surface area contributed by atoms with Gasteiger partial charge in [0.2, 0.25) is 0 Å². The van der Waals surface area contributed by atoms with Gasteiger partial charge in [0.15, 0.2) is 5.17 Å². The van der Waals surface area contributed by atoms with E-state index in [0.29, 0.717) is 37.0 Å². The highest BCUT2D eigenvalue weighted by Gasteiger charge is 2.34. The van der Waals surface area contributed by atoms with Crippen molar-refractivity contribution < 1.29 is 14.1 Å². The lowest BCUT2D eigenvalue weighted by molar-refractivity contribution is -0.384. The number of benzene rings is 2. The van der Waals surface area contributed by atoms with Gasteiger partial charge in [0.1, 0.15) is 5.76 Å². The van der Waals surface area contributed by atoms with Gasteiger partial charge in [-0.1, -0.05) is 47.5 Å². The molecule has 1 saturated heterocycles. The van der Waals surface area contributed by atoms with E-state index in [1.54, 1.807) is 48.5 Å². The number of furan rings is 1. The van der Waals surface area contributed by atoms with Crippen molar-refractivity contribution in [1.82, 2.24) is 4.90 Å². The van der Waals surface area contributed by atoms with Gasteiger partial charge in [0.05, 0.1) is 38.9 Å². The quantitative estimate of drug-likeness (QED) is 0.178. The van der Waals surface area contributed by atoms with E-state index < -0.39 is 4.92 Å². The first kappa shape index (κ1) is 22.8. The molecule has 2 aromatic carbocycles. The number of carbonyl (C=O) groups excluding carboxylic acids is 1. The average Bonchev–Trinajstić information content (AvgIpc) is 3.41. The number of hydrogen-bond acceptors (Lipinski definition) is 7. The summed E-state index contributed by atoms with van der Waals surface area (Å²) < 4.78 is 5.37. The fraction of sp³-hybridized carbons (Fsp3) is 0.0455. The Morgan fingerprint density at radius 3 is 2.73 bits per heavy atom. The summed E-state index contributed by atoms with van der Waals surface area (Å²) in [7, 11) is 0. The lowest BCUT2D eigenvalue weighted by atomic mass is 10.2. The van der Waals surface area contributed by atoms with Crippen LogP contribution in [0.3, 0.4) is 0 Å². The van der Waals surface area contributed by atoms with Gasteiger partial charge >= 0.3 is 0 Å². The number of nitro groups is 1. The second-order valence-electron chi connectivity index (χ2n) is 6.70. The molecule has 11 heteroatoms. The molecule has 8 nitrogen and oxygen atoms in total. The van der Waals surface area contributed by atoms with Gasteiger partial charge in [-0.2, -0.15) is 5.10 Å². The first-order valence-corrected chi connectivity index (χ1v) is 11.0. The number of amides is 1. The van der Waals surface area contributed by atoms with Gasteiger partial charge in [0, 0.05) is 17.7 Å². The maximum absolute atomic E-state index is 13.1. The zero-order chi connectivity index (χ0) is 23.4. The van der Waals surface area contributed by atoms with E-state index in [-0.39, 0.29) is 18.1 Å². The van der Waals surface area contributed by atoms with Crippen LogP contribution in [0.4, 0.5) is 5.69 Å². The Hall–Kier alpha value is -3.40. The summed E-state index contributed by atoms with van der Waals surface area (Å²) in [5, 5.41) is 20.4. The van der Waals surface area contributed by atoms with Crippen molar-refractivity contribution in [3.8, 4) is 0 Å². The highest BCUT2D eigenvalue weighted by Crippen LogP contribution is 2.34.